The lowest BCUT2D eigenvalue weighted by Gasteiger charge is -2.36. The fraction of sp³-hybridized carbons (Fsp3) is 0.625. The van der Waals surface area contributed by atoms with Crippen LogP contribution >= 0.6 is 0 Å². The van der Waals surface area contributed by atoms with Crippen molar-refractivity contribution in [1.29, 1.82) is 0 Å². The summed E-state index contributed by atoms with van der Waals surface area (Å²) in [5.41, 5.74) is 3.03. The van der Waals surface area contributed by atoms with E-state index in [0.29, 0.717) is 24.2 Å². The molecular formula is C24H30FNO2. The molecule has 1 aromatic rings. The molecule has 2 bridgehead atoms. The molecule has 2 unspecified atom stereocenters. The van der Waals surface area contributed by atoms with Crippen molar-refractivity contribution >= 4 is 5.91 Å². The number of rotatable bonds is 5. The van der Waals surface area contributed by atoms with Crippen molar-refractivity contribution in [3.8, 4) is 5.75 Å². The molecule has 1 heterocycles. The van der Waals surface area contributed by atoms with Crippen LogP contribution in [0.3, 0.4) is 0 Å². The Balaban J connectivity index is 1.37. The van der Waals surface area contributed by atoms with Gasteiger partial charge in [-0.3, -0.25) is 4.79 Å². The first-order chi connectivity index (χ1) is 13.5. The molecule has 3 fully saturated rings. The molecule has 2 atom stereocenters. The summed E-state index contributed by atoms with van der Waals surface area (Å²) in [4.78, 5) is 14.5. The van der Waals surface area contributed by atoms with Gasteiger partial charge in [-0.25, -0.2) is 4.39 Å². The van der Waals surface area contributed by atoms with Gasteiger partial charge in [0.1, 0.15) is 11.6 Å². The number of allylic oxidation sites excluding steroid dienone is 2. The Hall–Kier alpha value is -1.84. The van der Waals surface area contributed by atoms with Crippen LogP contribution in [-0.4, -0.2) is 30.5 Å². The molecule has 4 aliphatic rings. The van der Waals surface area contributed by atoms with Gasteiger partial charge in [0.2, 0.25) is 0 Å². The molecular weight excluding hydrogens is 353 g/mol. The van der Waals surface area contributed by atoms with E-state index in [0.717, 1.165) is 57.2 Å². The molecule has 0 radical (unpaired) electrons. The second-order valence-corrected chi connectivity index (χ2v) is 9.69. The molecule has 3 nitrogen and oxygen atoms in total. The smallest absolute Gasteiger partial charge is 0.256 e. The minimum atomic E-state index is -0.434. The zero-order valence-electron chi connectivity index (χ0n) is 16.8. The molecule has 5 rings (SSSR count). The Morgan fingerprint density at radius 3 is 2.82 bits per heavy atom. The summed E-state index contributed by atoms with van der Waals surface area (Å²) in [6, 6.07) is 3.28. The van der Waals surface area contributed by atoms with Gasteiger partial charge in [0.15, 0.2) is 0 Å². The van der Waals surface area contributed by atoms with E-state index in [-0.39, 0.29) is 16.9 Å². The average molecular weight is 384 g/mol. The number of fused-ring (bicyclic) bond motifs is 2. The summed E-state index contributed by atoms with van der Waals surface area (Å²) in [6.45, 7) is 4.45. The third-order valence-corrected chi connectivity index (χ3v) is 7.09. The Morgan fingerprint density at radius 2 is 2.07 bits per heavy atom. The van der Waals surface area contributed by atoms with Gasteiger partial charge in [-0.1, -0.05) is 18.6 Å². The molecule has 3 aliphatic carbocycles. The molecule has 150 valence electrons. The molecule has 28 heavy (non-hydrogen) atoms. The van der Waals surface area contributed by atoms with E-state index in [2.05, 4.69) is 13.0 Å². The fourth-order valence-corrected chi connectivity index (χ4v) is 5.62. The highest BCUT2D eigenvalue weighted by Gasteiger charge is 2.41. The number of likely N-dealkylation sites (tertiary alicyclic amines) is 1. The number of hydrogen-bond acceptors (Lipinski definition) is 2. The fourth-order valence-electron chi connectivity index (χ4n) is 5.62. The Bertz CT molecular complexity index is 822. The molecule has 4 heteroatoms. The zero-order valence-corrected chi connectivity index (χ0v) is 16.8. The third-order valence-electron chi connectivity index (χ3n) is 7.09. The largest absolute Gasteiger partial charge is 0.493 e. The van der Waals surface area contributed by atoms with Gasteiger partial charge in [0.05, 0.1) is 12.2 Å². The van der Waals surface area contributed by atoms with Gasteiger partial charge in [0.25, 0.3) is 5.91 Å². The number of halogens is 1. The lowest BCUT2D eigenvalue weighted by Crippen LogP contribution is -2.31. The lowest BCUT2D eigenvalue weighted by molar-refractivity contribution is 0.0787. The first kappa shape index (κ1) is 18.2. The van der Waals surface area contributed by atoms with Crippen molar-refractivity contribution in [1.82, 2.24) is 4.90 Å². The summed E-state index contributed by atoms with van der Waals surface area (Å²) >= 11 is 0. The monoisotopic (exact) mass is 383 g/mol. The zero-order chi connectivity index (χ0) is 19.3. The van der Waals surface area contributed by atoms with Crippen LogP contribution in [0.2, 0.25) is 0 Å². The lowest BCUT2D eigenvalue weighted by atomic mass is 9.72. The maximum absolute atomic E-state index is 14.9. The van der Waals surface area contributed by atoms with Crippen molar-refractivity contribution in [3.63, 3.8) is 0 Å². The first-order valence-corrected chi connectivity index (χ1v) is 11.0. The van der Waals surface area contributed by atoms with Gasteiger partial charge in [-0.2, -0.15) is 0 Å². The summed E-state index contributed by atoms with van der Waals surface area (Å²) in [7, 11) is 0. The van der Waals surface area contributed by atoms with E-state index in [1.165, 1.54) is 18.9 Å². The van der Waals surface area contributed by atoms with Crippen LogP contribution in [-0.2, 0) is 0 Å². The van der Waals surface area contributed by atoms with E-state index in [9.17, 15) is 9.18 Å². The molecule has 0 N–H and O–H groups in total. The quantitative estimate of drug-likeness (QED) is 0.632. The highest BCUT2D eigenvalue weighted by Crippen LogP contribution is 2.51. The minimum Gasteiger partial charge on any atom is -0.493 e. The van der Waals surface area contributed by atoms with Gasteiger partial charge >= 0.3 is 0 Å². The van der Waals surface area contributed by atoms with Crippen LogP contribution in [0.1, 0.15) is 80.1 Å². The van der Waals surface area contributed by atoms with Crippen LogP contribution in [0.15, 0.2) is 23.8 Å². The number of ether oxygens (including phenoxy) is 1. The molecule has 2 saturated carbocycles. The van der Waals surface area contributed by atoms with Crippen LogP contribution in [0.4, 0.5) is 4.39 Å². The number of benzene rings is 1. The molecule has 0 spiro atoms. The SMILES string of the molecule is CC1CC2=CCC(COc3cc(F)c(C(=O)N4CCCC4)cc3C3CC3)(C2)C1. The highest BCUT2D eigenvalue weighted by molar-refractivity contribution is 5.95. The minimum absolute atomic E-state index is 0.159. The second kappa shape index (κ2) is 6.89. The second-order valence-electron chi connectivity index (χ2n) is 9.69. The molecule has 1 saturated heterocycles. The third kappa shape index (κ3) is 3.35. The average Bonchev–Trinajstić information content (AvgIpc) is 3.27. The maximum Gasteiger partial charge on any atom is 0.256 e. The predicted octanol–water partition coefficient (Wildman–Crippen LogP) is 5.45. The van der Waals surface area contributed by atoms with Crippen molar-refractivity contribution in [2.24, 2.45) is 11.3 Å². The van der Waals surface area contributed by atoms with E-state index in [1.807, 2.05) is 0 Å². The summed E-state index contributed by atoms with van der Waals surface area (Å²) in [5, 5.41) is 0. The van der Waals surface area contributed by atoms with Crippen molar-refractivity contribution in [2.75, 3.05) is 19.7 Å². The Labute approximate surface area is 166 Å². The normalized spacial score (nSPS) is 29.1. The Morgan fingerprint density at radius 1 is 1.29 bits per heavy atom. The van der Waals surface area contributed by atoms with Crippen LogP contribution < -0.4 is 4.74 Å². The van der Waals surface area contributed by atoms with Crippen LogP contribution in [0.25, 0.3) is 0 Å². The number of nitrogens with zero attached hydrogens (tertiary/aromatic N) is 1. The van der Waals surface area contributed by atoms with Gasteiger partial charge in [-0.05, 0) is 74.8 Å². The van der Waals surface area contributed by atoms with Crippen molar-refractivity contribution in [2.45, 2.75) is 64.2 Å². The topological polar surface area (TPSA) is 29.5 Å². The standard InChI is InChI=1S/C24H30FNO2/c1-16-10-17-6-7-24(13-16,14-17)15-28-22-12-21(25)20(11-19(22)18-4-5-18)23(27)26-8-2-3-9-26/h6,11-12,16,18H,2-5,7-10,13-15H2,1H3. The number of amides is 1. The molecule has 1 amide bonds. The van der Waals surface area contributed by atoms with Crippen molar-refractivity contribution < 1.29 is 13.9 Å². The van der Waals surface area contributed by atoms with E-state index < -0.39 is 5.82 Å². The molecule has 1 aromatic carbocycles. The maximum atomic E-state index is 14.9. The number of carbonyl (C=O) groups is 1. The molecule has 1 aliphatic heterocycles. The number of carbonyl (C=O) groups excluding carboxylic acids is 1. The van der Waals surface area contributed by atoms with Crippen LogP contribution in [0.5, 0.6) is 5.75 Å². The van der Waals surface area contributed by atoms with E-state index in [4.69, 9.17) is 4.74 Å². The summed E-state index contributed by atoms with van der Waals surface area (Å²) in [6.07, 6.45) is 11.2. The Kier molecular flexibility index (Phi) is 4.48. The van der Waals surface area contributed by atoms with Gasteiger partial charge < -0.3 is 9.64 Å². The summed E-state index contributed by atoms with van der Waals surface area (Å²) < 4.78 is 21.2. The van der Waals surface area contributed by atoms with Gasteiger partial charge in [-0.15, -0.1) is 0 Å². The first-order valence-electron chi connectivity index (χ1n) is 11.0. The molecule has 0 aromatic heterocycles. The van der Waals surface area contributed by atoms with E-state index >= 15 is 0 Å². The van der Waals surface area contributed by atoms with Crippen molar-refractivity contribution in [3.05, 3.63) is 40.7 Å². The predicted molar refractivity (Wildman–Crippen MR) is 107 cm³/mol. The van der Waals surface area contributed by atoms with Crippen LogP contribution in [0, 0.1) is 17.2 Å². The summed E-state index contributed by atoms with van der Waals surface area (Å²) in [5.74, 6) is 1.19. The van der Waals surface area contributed by atoms with E-state index in [1.54, 1.807) is 16.5 Å². The number of hydrogen-bond donors (Lipinski definition) is 0. The van der Waals surface area contributed by atoms with Gasteiger partial charge in [0, 0.05) is 24.6 Å². The highest BCUT2D eigenvalue weighted by atomic mass is 19.1.